The standard InChI is InChI=1S/C36H52N2O6S/c1-31(2)15-17-36(29(41)43-8)18-16-34(6)22(23(36)19-31)9-10-25-33(5)13-12-26(32(3,4)24(33)11-14-35(25,34)7)37-44-28(40)20-38-27(39)21-45-30(38)42/h9,23-25H,10-21H2,1-8H3/b37-26-/t23-,24+,25-,33+,34-,35-,36+/m1/s1. The number of methoxy groups -OCH3 is 1. The molecule has 8 nitrogen and oxygen atoms in total. The zero-order valence-electron chi connectivity index (χ0n) is 28.5. The number of esters is 1. The highest BCUT2D eigenvalue weighted by atomic mass is 32.2. The van der Waals surface area contributed by atoms with E-state index < -0.39 is 23.2 Å². The molecule has 0 aromatic carbocycles. The number of imide groups is 1. The third-order valence-corrected chi connectivity index (χ3v) is 15.3. The molecule has 6 aliphatic rings. The smallest absolute Gasteiger partial charge is 0.354 e. The number of allylic oxidation sites excluding steroid dienone is 2. The third kappa shape index (κ3) is 4.70. The van der Waals surface area contributed by atoms with Crippen LogP contribution in [-0.4, -0.2) is 53.1 Å². The molecule has 0 aromatic rings. The molecule has 9 heteroatoms. The van der Waals surface area contributed by atoms with Gasteiger partial charge in [0.15, 0.2) is 0 Å². The van der Waals surface area contributed by atoms with Crippen LogP contribution in [0.5, 0.6) is 0 Å². The van der Waals surface area contributed by atoms with Gasteiger partial charge in [-0.3, -0.25) is 19.3 Å². The molecular weight excluding hydrogens is 588 g/mol. The summed E-state index contributed by atoms with van der Waals surface area (Å²) in [5.74, 6) is 0.105. The van der Waals surface area contributed by atoms with Gasteiger partial charge in [-0.15, -0.1) is 0 Å². The van der Waals surface area contributed by atoms with E-state index in [1.165, 1.54) is 5.57 Å². The molecule has 1 heterocycles. The average molecular weight is 641 g/mol. The van der Waals surface area contributed by atoms with E-state index >= 15 is 0 Å². The quantitative estimate of drug-likeness (QED) is 0.135. The molecule has 4 saturated carbocycles. The number of carbonyl (C=O) groups excluding carboxylic acids is 4. The van der Waals surface area contributed by atoms with Crippen LogP contribution in [0.25, 0.3) is 0 Å². The lowest BCUT2D eigenvalue weighted by Gasteiger charge is -2.70. The molecule has 45 heavy (non-hydrogen) atoms. The van der Waals surface area contributed by atoms with Crippen LogP contribution in [0.4, 0.5) is 4.79 Å². The minimum atomic E-state index is -0.684. The second kappa shape index (κ2) is 10.7. The van der Waals surface area contributed by atoms with Crippen LogP contribution in [0.2, 0.25) is 0 Å². The Hall–Kier alpha value is -2.16. The van der Waals surface area contributed by atoms with Crippen LogP contribution < -0.4 is 0 Å². The fourth-order valence-corrected chi connectivity index (χ4v) is 12.3. The van der Waals surface area contributed by atoms with Crippen molar-refractivity contribution in [2.75, 3.05) is 19.4 Å². The van der Waals surface area contributed by atoms with Gasteiger partial charge < -0.3 is 9.57 Å². The van der Waals surface area contributed by atoms with Crippen molar-refractivity contribution in [1.29, 1.82) is 0 Å². The molecule has 7 atom stereocenters. The topological polar surface area (TPSA) is 102 Å². The van der Waals surface area contributed by atoms with Gasteiger partial charge in [0.05, 0.1) is 24.0 Å². The second-order valence-electron chi connectivity index (χ2n) is 17.1. The lowest BCUT2D eigenvalue weighted by molar-refractivity contribution is -0.181. The molecule has 1 saturated heterocycles. The van der Waals surface area contributed by atoms with Crippen LogP contribution in [0.1, 0.15) is 113 Å². The largest absolute Gasteiger partial charge is 0.469 e. The van der Waals surface area contributed by atoms with Gasteiger partial charge in [0.25, 0.3) is 5.24 Å². The SMILES string of the molecule is COC(=O)[C@]12CCC(C)(C)C[C@@H]1C1=CC[C@@H]3[C@@]4(C)CC/C(=N/OC(=O)CN5C(=O)CSC5=O)C(C)(C)[C@@H]4CC[C@@]3(C)[C@]1(C)CC2. The van der Waals surface area contributed by atoms with E-state index in [1.807, 2.05) is 0 Å². The predicted molar refractivity (Wildman–Crippen MR) is 174 cm³/mol. The first kappa shape index (κ1) is 32.8. The number of fused-ring (bicyclic) bond motifs is 7. The Morgan fingerprint density at radius 2 is 1.69 bits per heavy atom. The van der Waals surface area contributed by atoms with Gasteiger partial charge in [0, 0.05) is 5.41 Å². The first-order chi connectivity index (χ1) is 20.9. The van der Waals surface area contributed by atoms with Crippen LogP contribution in [0.3, 0.4) is 0 Å². The maximum atomic E-state index is 13.5. The Balaban J connectivity index is 1.27. The zero-order chi connectivity index (χ0) is 32.8. The van der Waals surface area contributed by atoms with Gasteiger partial charge in [-0.2, -0.15) is 0 Å². The van der Waals surface area contributed by atoms with Crippen LogP contribution >= 0.6 is 11.8 Å². The molecule has 5 fully saturated rings. The molecule has 248 valence electrons. The molecule has 5 aliphatic carbocycles. The first-order valence-electron chi connectivity index (χ1n) is 17.0. The van der Waals surface area contributed by atoms with Gasteiger partial charge in [-0.1, -0.05) is 77.0 Å². The van der Waals surface area contributed by atoms with E-state index in [2.05, 4.69) is 59.7 Å². The monoisotopic (exact) mass is 640 g/mol. The van der Waals surface area contributed by atoms with Crippen molar-refractivity contribution in [3.05, 3.63) is 11.6 Å². The molecule has 2 amide bonds. The van der Waals surface area contributed by atoms with Crippen LogP contribution in [0, 0.1) is 50.2 Å². The number of carbonyl (C=O) groups is 4. The molecule has 0 spiro atoms. The molecule has 0 N–H and O–H groups in total. The van der Waals surface area contributed by atoms with Gasteiger partial charge in [0.1, 0.15) is 6.54 Å². The van der Waals surface area contributed by atoms with Gasteiger partial charge in [-0.05, 0) is 104 Å². The van der Waals surface area contributed by atoms with Gasteiger partial charge >= 0.3 is 11.9 Å². The Labute approximate surface area is 272 Å². The molecule has 0 radical (unpaired) electrons. The van der Waals surface area contributed by atoms with E-state index in [4.69, 9.17) is 9.57 Å². The number of hydrogen-bond acceptors (Lipinski definition) is 8. The van der Waals surface area contributed by atoms with E-state index in [0.717, 1.165) is 86.6 Å². The van der Waals surface area contributed by atoms with Crippen molar-refractivity contribution < 1.29 is 28.8 Å². The van der Waals surface area contributed by atoms with E-state index in [9.17, 15) is 19.2 Å². The molecule has 0 aromatic heterocycles. The number of amides is 2. The van der Waals surface area contributed by atoms with Crippen LogP contribution in [-0.2, 0) is 24.0 Å². The molecule has 0 bridgehead atoms. The lowest BCUT2D eigenvalue weighted by Crippen LogP contribution is -2.64. The van der Waals surface area contributed by atoms with Gasteiger partial charge in [0.2, 0.25) is 5.91 Å². The summed E-state index contributed by atoms with van der Waals surface area (Å²) in [5, 5.41) is 3.98. The summed E-state index contributed by atoms with van der Waals surface area (Å²) in [4.78, 5) is 56.3. The number of hydrogen-bond donors (Lipinski definition) is 0. The molecule has 6 rings (SSSR count). The second-order valence-corrected chi connectivity index (χ2v) is 18.0. The van der Waals surface area contributed by atoms with Crippen molar-refractivity contribution in [1.82, 2.24) is 4.90 Å². The van der Waals surface area contributed by atoms with E-state index in [1.54, 1.807) is 7.11 Å². The zero-order valence-corrected chi connectivity index (χ0v) is 29.4. The molecule has 1 aliphatic heterocycles. The summed E-state index contributed by atoms with van der Waals surface area (Å²) in [7, 11) is 1.56. The Kier molecular flexibility index (Phi) is 7.78. The maximum Gasteiger partial charge on any atom is 0.354 e. The summed E-state index contributed by atoms with van der Waals surface area (Å²) >= 11 is 0.905. The van der Waals surface area contributed by atoms with Crippen molar-refractivity contribution in [3.63, 3.8) is 0 Å². The summed E-state index contributed by atoms with van der Waals surface area (Å²) in [5.41, 5.74) is 2.17. The lowest BCUT2D eigenvalue weighted by atomic mass is 9.33. The Morgan fingerprint density at radius 3 is 2.36 bits per heavy atom. The van der Waals surface area contributed by atoms with Crippen molar-refractivity contribution in [2.45, 2.75) is 113 Å². The minimum Gasteiger partial charge on any atom is -0.469 e. The number of oxime groups is 1. The van der Waals surface area contributed by atoms with Crippen LogP contribution in [0.15, 0.2) is 16.8 Å². The highest BCUT2D eigenvalue weighted by Gasteiger charge is 2.69. The minimum absolute atomic E-state index is 0.00652. The summed E-state index contributed by atoms with van der Waals surface area (Å²) in [6.45, 7) is 16.4. The number of thioether (sulfide) groups is 1. The van der Waals surface area contributed by atoms with E-state index in [-0.39, 0.29) is 50.6 Å². The predicted octanol–water partition coefficient (Wildman–Crippen LogP) is 7.56. The van der Waals surface area contributed by atoms with Crippen molar-refractivity contribution in [2.24, 2.45) is 55.4 Å². The first-order valence-corrected chi connectivity index (χ1v) is 18.0. The molecular formula is C36H52N2O6S. The number of ether oxygens (including phenoxy) is 1. The van der Waals surface area contributed by atoms with Crippen molar-refractivity contribution >= 4 is 40.6 Å². The third-order valence-electron chi connectivity index (χ3n) is 14.4. The fourth-order valence-electron chi connectivity index (χ4n) is 11.6. The Bertz CT molecular complexity index is 1370. The summed E-state index contributed by atoms with van der Waals surface area (Å²) < 4.78 is 5.52. The molecule has 0 unspecified atom stereocenters. The normalized spacial score (nSPS) is 42.6. The highest BCUT2D eigenvalue weighted by Crippen LogP contribution is 2.75. The Morgan fingerprint density at radius 1 is 0.978 bits per heavy atom. The average Bonchev–Trinajstić information content (AvgIpc) is 3.28. The summed E-state index contributed by atoms with van der Waals surface area (Å²) in [6.07, 6.45) is 12.4. The fraction of sp³-hybridized carbons (Fsp3) is 0.806. The highest BCUT2D eigenvalue weighted by molar-refractivity contribution is 8.14. The van der Waals surface area contributed by atoms with Gasteiger partial charge in [-0.25, -0.2) is 4.79 Å². The van der Waals surface area contributed by atoms with Crippen molar-refractivity contribution in [3.8, 4) is 0 Å². The van der Waals surface area contributed by atoms with E-state index in [0.29, 0.717) is 11.8 Å². The maximum absolute atomic E-state index is 13.5. The summed E-state index contributed by atoms with van der Waals surface area (Å²) in [6, 6.07) is 0. The number of nitrogens with zero attached hydrogens (tertiary/aromatic N) is 2. The number of rotatable bonds is 4.